The number of carbonyl (C=O) groups excluding carboxylic acids is 1. The summed E-state index contributed by atoms with van der Waals surface area (Å²) in [6.07, 6.45) is 1.63. The molecule has 136 valence electrons. The van der Waals surface area contributed by atoms with Crippen LogP contribution >= 0.6 is 11.3 Å². The quantitative estimate of drug-likeness (QED) is 0.554. The molecule has 7 nitrogen and oxygen atoms in total. The number of benzene rings is 2. The summed E-state index contributed by atoms with van der Waals surface area (Å²) in [7, 11) is 0. The van der Waals surface area contributed by atoms with Crippen molar-refractivity contribution >= 4 is 32.6 Å². The molecule has 0 bridgehead atoms. The van der Waals surface area contributed by atoms with Gasteiger partial charge in [-0.2, -0.15) is 0 Å². The number of amides is 1. The minimum Gasteiger partial charge on any atom is -0.494 e. The summed E-state index contributed by atoms with van der Waals surface area (Å²) >= 11 is 1.39. The van der Waals surface area contributed by atoms with Crippen molar-refractivity contribution in [3.8, 4) is 5.75 Å². The highest BCUT2D eigenvalue weighted by atomic mass is 32.1. The van der Waals surface area contributed by atoms with Crippen LogP contribution in [0.2, 0.25) is 0 Å². The molecule has 2 aromatic heterocycles. The number of ether oxygens (including phenoxy) is 1. The minimum atomic E-state index is -0.335. The molecule has 1 N–H and O–H groups in total. The summed E-state index contributed by atoms with van der Waals surface area (Å²) in [6, 6.07) is 15.5. The van der Waals surface area contributed by atoms with Gasteiger partial charge in [-0.1, -0.05) is 46.9 Å². The summed E-state index contributed by atoms with van der Waals surface area (Å²) in [5.74, 6) is 0.453. The van der Waals surface area contributed by atoms with Gasteiger partial charge >= 0.3 is 0 Å². The van der Waals surface area contributed by atoms with E-state index in [9.17, 15) is 4.79 Å². The van der Waals surface area contributed by atoms with E-state index in [1.807, 2.05) is 55.5 Å². The van der Waals surface area contributed by atoms with Gasteiger partial charge in [-0.25, -0.2) is 9.67 Å². The van der Waals surface area contributed by atoms with Crippen LogP contribution in [0, 0.1) is 0 Å². The van der Waals surface area contributed by atoms with Crippen LogP contribution in [0.5, 0.6) is 5.75 Å². The highest BCUT2D eigenvalue weighted by molar-refractivity contribution is 7.22. The number of anilines is 1. The number of carbonyl (C=O) groups is 1. The summed E-state index contributed by atoms with van der Waals surface area (Å²) < 4.78 is 8.08. The molecule has 2 aromatic carbocycles. The first-order chi connectivity index (χ1) is 13.2. The Labute approximate surface area is 159 Å². The number of aromatic nitrogens is 4. The standard InChI is InChI=1S/C19H17N5O2S/c1-2-26-14-8-9-15-17(10-14)27-19(20-15)21-18(25)16-12-24(23-22-16)11-13-6-4-3-5-7-13/h3-10,12H,2,11H2,1H3,(H,20,21,25). The number of hydrogen-bond acceptors (Lipinski definition) is 6. The smallest absolute Gasteiger partial charge is 0.279 e. The Morgan fingerprint density at radius 3 is 2.89 bits per heavy atom. The fourth-order valence-electron chi connectivity index (χ4n) is 2.63. The van der Waals surface area contributed by atoms with Gasteiger partial charge in [0.25, 0.3) is 5.91 Å². The lowest BCUT2D eigenvalue weighted by Gasteiger charge is -2.00. The first kappa shape index (κ1) is 17.2. The van der Waals surface area contributed by atoms with Crippen LogP contribution in [-0.2, 0) is 6.54 Å². The number of thiazole rings is 1. The minimum absolute atomic E-state index is 0.250. The molecule has 0 aliphatic heterocycles. The van der Waals surface area contributed by atoms with Crippen LogP contribution in [0.25, 0.3) is 10.2 Å². The van der Waals surface area contributed by atoms with Gasteiger partial charge in [0.15, 0.2) is 10.8 Å². The first-order valence-corrected chi connectivity index (χ1v) is 9.31. The van der Waals surface area contributed by atoms with Crippen molar-refractivity contribution in [3.63, 3.8) is 0 Å². The second-order valence-corrected chi connectivity index (χ2v) is 6.85. The first-order valence-electron chi connectivity index (χ1n) is 8.50. The molecule has 0 saturated heterocycles. The van der Waals surface area contributed by atoms with E-state index in [0.717, 1.165) is 21.5 Å². The van der Waals surface area contributed by atoms with Gasteiger partial charge in [0.1, 0.15) is 5.75 Å². The molecule has 4 aromatic rings. The molecule has 0 spiro atoms. The van der Waals surface area contributed by atoms with E-state index in [1.165, 1.54) is 11.3 Å². The molecule has 0 aliphatic rings. The average molecular weight is 379 g/mol. The van der Waals surface area contributed by atoms with Gasteiger partial charge in [0.05, 0.1) is 29.6 Å². The van der Waals surface area contributed by atoms with E-state index < -0.39 is 0 Å². The third-order valence-corrected chi connectivity index (χ3v) is 4.78. The predicted octanol–water partition coefficient (Wildman–Crippen LogP) is 3.59. The van der Waals surface area contributed by atoms with Crippen LogP contribution in [0.4, 0.5) is 5.13 Å². The van der Waals surface area contributed by atoms with Crippen LogP contribution in [-0.4, -0.2) is 32.5 Å². The highest BCUT2D eigenvalue weighted by Crippen LogP contribution is 2.29. The molecule has 0 atom stereocenters. The molecule has 0 fully saturated rings. The third kappa shape index (κ3) is 3.95. The zero-order chi connectivity index (χ0) is 18.6. The zero-order valence-electron chi connectivity index (χ0n) is 14.6. The Morgan fingerprint density at radius 1 is 1.22 bits per heavy atom. The second-order valence-electron chi connectivity index (χ2n) is 5.82. The van der Waals surface area contributed by atoms with Gasteiger partial charge < -0.3 is 4.74 Å². The van der Waals surface area contributed by atoms with Crippen molar-refractivity contribution in [2.45, 2.75) is 13.5 Å². The van der Waals surface area contributed by atoms with E-state index in [-0.39, 0.29) is 11.6 Å². The zero-order valence-corrected chi connectivity index (χ0v) is 15.4. The summed E-state index contributed by atoms with van der Waals surface area (Å²) in [4.78, 5) is 16.9. The molecule has 27 heavy (non-hydrogen) atoms. The fourth-order valence-corrected chi connectivity index (χ4v) is 3.52. The van der Waals surface area contributed by atoms with Gasteiger partial charge in [0, 0.05) is 0 Å². The predicted molar refractivity (Wildman–Crippen MR) is 104 cm³/mol. The number of fused-ring (bicyclic) bond motifs is 1. The molecule has 2 heterocycles. The highest BCUT2D eigenvalue weighted by Gasteiger charge is 2.14. The summed E-state index contributed by atoms with van der Waals surface area (Å²) in [5, 5.41) is 11.3. The van der Waals surface area contributed by atoms with E-state index >= 15 is 0 Å². The lowest BCUT2D eigenvalue weighted by molar-refractivity contribution is 0.102. The van der Waals surface area contributed by atoms with Crippen molar-refractivity contribution in [2.75, 3.05) is 11.9 Å². The van der Waals surface area contributed by atoms with Gasteiger partial charge in [-0.15, -0.1) is 5.10 Å². The molecule has 0 aliphatic carbocycles. The number of nitrogens with zero attached hydrogens (tertiary/aromatic N) is 4. The maximum atomic E-state index is 12.4. The fraction of sp³-hybridized carbons (Fsp3) is 0.158. The van der Waals surface area contributed by atoms with Crippen molar-refractivity contribution in [2.24, 2.45) is 0 Å². The monoisotopic (exact) mass is 379 g/mol. The van der Waals surface area contributed by atoms with Crippen molar-refractivity contribution in [3.05, 3.63) is 66.0 Å². The van der Waals surface area contributed by atoms with Gasteiger partial charge in [0.2, 0.25) is 0 Å². The Kier molecular flexibility index (Phi) is 4.80. The summed E-state index contributed by atoms with van der Waals surface area (Å²) in [6.45, 7) is 3.10. The Balaban J connectivity index is 1.46. The number of hydrogen-bond donors (Lipinski definition) is 1. The van der Waals surface area contributed by atoms with E-state index in [4.69, 9.17) is 4.74 Å². The van der Waals surface area contributed by atoms with Gasteiger partial charge in [-0.05, 0) is 30.7 Å². The van der Waals surface area contributed by atoms with Crippen LogP contribution < -0.4 is 10.1 Å². The molecule has 0 unspecified atom stereocenters. The van der Waals surface area contributed by atoms with Crippen molar-refractivity contribution in [1.82, 2.24) is 20.0 Å². The van der Waals surface area contributed by atoms with Crippen LogP contribution in [0.1, 0.15) is 23.0 Å². The third-order valence-electron chi connectivity index (χ3n) is 3.85. The Hall–Kier alpha value is -3.26. The SMILES string of the molecule is CCOc1ccc2nc(NC(=O)c3cn(Cc4ccccc4)nn3)sc2c1. The maximum absolute atomic E-state index is 12.4. The Morgan fingerprint density at radius 2 is 2.07 bits per heavy atom. The lowest BCUT2D eigenvalue weighted by atomic mass is 10.2. The van der Waals surface area contributed by atoms with E-state index in [1.54, 1.807) is 10.9 Å². The lowest BCUT2D eigenvalue weighted by Crippen LogP contribution is -2.12. The second kappa shape index (κ2) is 7.55. The molecule has 0 saturated carbocycles. The number of nitrogens with one attached hydrogen (secondary N) is 1. The molecular formula is C19H17N5O2S. The van der Waals surface area contributed by atoms with Crippen LogP contribution in [0.15, 0.2) is 54.7 Å². The van der Waals surface area contributed by atoms with Gasteiger partial charge in [-0.3, -0.25) is 10.1 Å². The molecule has 4 rings (SSSR count). The number of rotatable bonds is 6. The van der Waals surface area contributed by atoms with Crippen molar-refractivity contribution in [1.29, 1.82) is 0 Å². The molecular weight excluding hydrogens is 362 g/mol. The molecule has 1 amide bonds. The largest absolute Gasteiger partial charge is 0.494 e. The van der Waals surface area contributed by atoms with Crippen LogP contribution in [0.3, 0.4) is 0 Å². The molecule has 0 radical (unpaired) electrons. The molecule has 8 heteroatoms. The topological polar surface area (TPSA) is 81.9 Å². The maximum Gasteiger partial charge on any atom is 0.279 e. The normalized spacial score (nSPS) is 10.9. The average Bonchev–Trinajstić information content (AvgIpc) is 3.29. The summed E-state index contributed by atoms with van der Waals surface area (Å²) in [5.41, 5.74) is 2.15. The van der Waals surface area contributed by atoms with E-state index in [0.29, 0.717) is 18.3 Å². The van der Waals surface area contributed by atoms with Crippen molar-refractivity contribution < 1.29 is 9.53 Å². The van der Waals surface area contributed by atoms with E-state index in [2.05, 4.69) is 20.6 Å². The Bertz CT molecular complexity index is 1070.